The zero-order valence-electron chi connectivity index (χ0n) is 21.2. The van der Waals surface area contributed by atoms with E-state index in [-0.39, 0.29) is 11.3 Å². The van der Waals surface area contributed by atoms with Gasteiger partial charge in [-0.2, -0.15) is 0 Å². The molecule has 1 N–H and O–H groups in total. The lowest BCUT2D eigenvalue weighted by molar-refractivity contribution is -0.123. The summed E-state index contributed by atoms with van der Waals surface area (Å²) in [6, 6.07) is 18.0. The second kappa shape index (κ2) is 10.5. The predicted octanol–water partition coefficient (Wildman–Crippen LogP) is 5.67. The highest BCUT2D eigenvalue weighted by molar-refractivity contribution is 6.31. The van der Waals surface area contributed by atoms with Gasteiger partial charge in [0.1, 0.15) is 11.4 Å². The van der Waals surface area contributed by atoms with Crippen molar-refractivity contribution in [3.63, 3.8) is 0 Å². The van der Waals surface area contributed by atoms with Gasteiger partial charge in [0.15, 0.2) is 6.10 Å². The second-order valence-electron chi connectivity index (χ2n) is 8.84. The number of methoxy groups -OCH3 is 1. The molecule has 0 aliphatic heterocycles. The SMILES string of the molecule is COc1cc(Cl)c(C)cc1NC(=O)C(C)OC(=O)c1c(-c2ccc(C)cc2)c2ccccc2c(=O)n1C. The number of fused-ring (bicyclic) bond motifs is 1. The van der Waals surface area contributed by atoms with E-state index in [4.69, 9.17) is 21.1 Å². The summed E-state index contributed by atoms with van der Waals surface area (Å²) in [4.78, 5) is 39.6. The van der Waals surface area contributed by atoms with E-state index in [9.17, 15) is 14.4 Å². The standard InChI is InChI=1S/C29H27ClN2O5/c1-16-10-12-19(13-11-16)25-20-8-6-7-9-21(20)28(34)32(4)26(25)29(35)37-18(3)27(33)31-23-14-17(2)22(30)15-24(23)36-5/h6-15,18H,1-5H3,(H,31,33). The van der Waals surface area contributed by atoms with E-state index >= 15 is 0 Å². The van der Waals surface area contributed by atoms with Crippen molar-refractivity contribution >= 4 is 39.9 Å². The van der Waals surface area contributed by atoms with Gasteiger partial charge in [-0.15, -0.1) is 0 Å². The zero-order valence-corrected chi connectivity index (χ0v) is 22.0. The first-order valence-corrected chi connectivity index (χ1v) is 12.0. The lowest BCUT2D eigenvalue weighted by atomic mass is 9.96. The van der Waals surface area contributed by atoms with E-state index in [1.807, 2.05) is 37.3 Å². The number of ether oxygens (including phenoxy) is 2. The molecule has 37 heavy (non-hydrogen) atoms. The van der Waals surface area contributed by atoms with Crippen LogP contribution in [0.15, 0.2) is 65.5 Å². The first kappa shape index (κ1) is 26.0. The minimum absolute atomic E-state index is 0.0621. The van der Waals surface area contributed by atoms with Crippen molar-refractivity contribution in [3.8, 4) is 16.9 Å². The number of esters is 1. The summed E-state index contributed by atoms with van der Waals surface area (Å²) < 4.78 is 12.2. The maximum Gasteiger partial charge on any atom is 0.356 e. The maximum absolute atomic E-state index is 13.5. The Labute approximate surface area is 219 Å². The molecule has 0 bridgehead atoms. The van der Waals surface area contributed by atoms with Crippen LogP contribution in [0.25, 0.3) is 21.9 Å². The van der Waals surface area contributed by atoms with Gasteiger partial charge in [-0.25, -0.2) is 4.79 Å². The molecule has 1 amide bonds. The molecule has 0 fully saturated rings. The molecule has 0 aliphatic rings. The summed E-state index contributed by atoms with van der Waals surface area (Å²) in [7, 11) is 2.99. The lowest BCUT2D eigenvalue weighted by Gasteiger charge is -2.19. The minimum Gasteiger partial charge on any atom is -0.495 e. The van der Waals surface area contributed by atoms with Crippen LogP contribution in [0.5, 0.6) is 5.75 Å². The third-order valence-corrected chi connectivity index (χ3v) is 6.64. The first-order chi connectivity index (χ1) is 17.6. The van der Waals surface area contributed by atoms with Gasteiger partial charge in [0, 0.05) is 29.1 Å². The third kappa shape index (κ3) is 5.08. The Balaban J connectivity index is 1.72. The Bertz CT molecular complexity index is 1570. The van der Waals surface area contributed by atoms with Crippen LogP contribution in [-0.4, -0.2) is 29.7 Å². The van der Waals surface area contributed by atoms with E-state index in [0.29, 0.717) is 32.8 Å². The fourth-order valence-corrected chi connectivity index (χ4v) is 4.30. The highest BCUT2D eigenvalue weighted by Gasteiger charge is 2.27. The number of hydrogen-bond donors (Lipinski definition) is 1. The van der Waals surface area contributed by atoms with Gasteiger partial charge in [0.05, 0.1) is 12.8 Å². The summed E-state index contributed by atoms with van der Waals surface area (Å²) in [6.45, 7) is 5.23. The van der Waals surface area contributed by atoms with Crippen LogP contribution in [0.3, 0.4) is 0 Å². The molecule has 1 heterocycles. The number of pyridine rings is 1. The molecule has 1 aromatic heterocycles. The average molecular weight is 519 g/mol. The van der Waals surface area contributed by atoms with Crippen molar-refractivity contribution in [3.05, 3.63) is 92.9 Å². The van der Waals surface area contributed by atoms with Crippen molar-refractivity contribution in [1.82, 2.24) is 4.57 Å². The molecule has 190 valence electrons. The van der Waals surface area contributed by atoms with Gasteiger partial charge in [0.2, 0.25) is 0 Å². The van der Waals surface area contributed by atoms with Crippen LogP contribution < -0.4 is 15.6 Å². The highest BCUT2D eigenvalue weighted by Crippen LogP contribution is 2.33. The Kier molecular flexibility index (Phi) is 7.36. The van der Waals surface area contributed by atoms with E-state index in [2.05, 4.69) is 5.32 Å². The van der Waals surface area contributed by atoms with Gasteiger partial charge in [-0.05, 0) is 49.4 Å². The van der Waals surface area contributed by atoms with Crippen LogP contribution in [0, 0.1) is 13.8 Å². The summed E-state index contributed by atoms with van der Waals surface area (Å²) in [5, 5.41) is 4.33. The Morgan fingerprint density at radius 3 is 2.30 bits per heavy atom. The van der Waals surface area contributed by atoms with Gasteiger partial charge < -0.3 is 19.4 Å². The molecule has 0 aliphatic carbocycles. The number of halogens is 1. The number of amides is 1. The number of nitrogens with zero attached hydrogens (tertiary/aromatic N) is 1. The summed E-state index contributed by atoms with van der Waals surface area (Å²) in [5.74, 6) is -0.972. The number of nitrogens with one attached hydrogen (secondary N) is 1. The number of aromatic nitrogens is 1. The molecule has 1 atom stereocenters. The van der Waals surface area contributed by atoms with E-state index in [0.717, 1.165) is 16.7 Å². The smallest absolute Gasteiger partial charge is 0.356 e. The topological polar surface area (TPSA) is 86.6 Å². The van der Waals surface area contributed by atoms with E-state index in [1.165, 1.54) is 25.6 Å². The van der Waals surface area contributed by atoms with Crippen molar-refractivity contribution in [1.29, 1.82) is 0 Å². The zero-order chi connectivity index (χ0) is 26.9. The lowest BCUT2D eigenvalue weighted by Crippen LogP contribution is -2.33. The van der Waals surface area contributed by atoms with Crippen LogP contribution in [-0.2, 0) is 16.6 Å². The van der Waals surface area contributed by atoms with Crippen LogP contribution in [0.1, 0.15) is 28.5 Å². The molecular formula is C29H27ClN2O5. The molecule has 4 aromatic rings. The van der Waals surface area contributed by atoms with Gasteiger partial charge >= 0.3 is 5.97 Å². The Hall–Kier alpha value is -4.10. The minimum atomic E-state index is -1.17. The number of hydrogen-bond acceptors (Lipinski definition) is 5. The fourth-order valence-electron chi connectivity index (χ4n) is 4.15. The van der Waals surface area contributed by atoms with Gasteiger partial charge in [0.25, 0.3) is 11.5 Å². The number of benzene rings is 3. The molecule has 3 aromatic carbocycles. The van der Waals surface area contributed by atoms with Crippen molar-refractivity contribution in [2.75, 3.05) is 12.4 Å². The number of carbonyl (C=O) groups is 2. The highest BCUT2D eigenvalue weighted by atomic mass is 35.5. The monoisotopic (exact) mass is 518 g/mol. The van der Waals surface area contributed by atoms with Gasteiger partial charge in [-0.3, -0.25) is 9.59 Å². The predicted molar refractivity (Wildman–Crippen MR) is 146 cm³/mol. The molecule has 8 heteroatoms. The fraction of sp³-hybridized carbons (Fsp3) is 0.207. The number of carbonyl (C=O) groups excluding carboxylic acids is 2. The third-order valence-electron chi connectivity index (χ3n) is 6.23. The molecule has 1 unspecified atom stereocenters. The van der Waals surface area contributed by atoms with E-state index in [1.54, 1.807) is 37.3 Å². The Morgan fingerprint density at radius 1 is 1.00 bits per heavy atom. The summed E-state index contributed by atoms with van der Waals surface area (Å²) in [6.07, 6.45) is -1.17. The molecule has 0 saturated heterocycles. The quantitative estimate of drug-likeness (QED) is 0.332. The molecule has 4 rings (SSSR count). The van der Waals surface area contributed by atoms with Crippen molar-refractivity contribution < 1.29 is 19.1 Å². The number of rotatable bonds is 6. The molecule has 7 nitrogen and oxygen atoms in total. The van der Waals surface area contributed by atoms with Crippen molar-refractivity contribution in [2.24, 2.45) is 7.05 Å². The number of aryl methyl sites for hydroxylation is 2. The molecular weight excluding hydrogens is 492 g/mol. The maximum atomic E-state index is 13.5. The summed E-state index contributed by atoms with van der Waals surface area (Å²) >= 11 is 6.15. The molecule has 0 radical (unpaired) electrons. The molecule has 0 spiro atoms. The van der Waals surface area contributed by atoms with E-state index < -0.39 is 18.0 Å². The average Bonchev–Trinajstić information content (AvgIpc) is 2.88. The largest absolute Gasteiger partial charge is 0.495 e. The molecule has 0 saturated carbocycles. The van der Waals surface area contributed by atoms with Gasteiger partial charge in [-0.1, -0.05) is 59.6 Å². The normalized spacial score (nSPS) is 11.7. The van der Waals surface area contributed by atoms with Crippen LogP contribution in [0.4, 0.5) is 5.69 Å². The van der Waals surface area contributed by atoms with Crippen LogP contribution >= 0.6 is 11.6 Å². The summed E-state index contributed by atoms with van der Waals surface area (Å²) in [5.41, 5.74) is 3.24. The number of anilines is 1. The van der Waals surface area contributed by atoms with Crippen LogP contribution in [0.2, 0.25) is 5.02 Å². The van der Waals surface area contributed by atoms with Crippen molar-refractivity contribution in [2.45, 2.75) is 26.9 Å². The second-order valence-corrected chi connectivity index (χ2v) is 9.25. The first-order valence-electron chi connectivity index (χ1n) is 11.7. The Morgan fingerprint density at radius 2 is 1.65 bits per heavy atom.